The molecule has 0 fully saturated rings. The second-order valence-electron chi connectivity index (χ2n) is 8.98. The zero-order valence-corrected chi connectivity index (χ0v) is 29.0. The van der Waals surface area contributed by atoms with E-state index >= 15 is 0 Å². The van der Waals surface area contributed by atoms with Crippen molar-refractivity contribution in [2.24, 2.45) is 0 Å². The molecule has 3 heterocycles. The van der Waals surface area contributed by atoms with E-state index in [9.17, 15) is 14.4 Å². The minimum atomic E-state index is -0.490. The Bertz CT molecular complexity index is 2010. The average molecular weight is 781 g/mol. The highest BCUT2D eigenvalue weighted by Crippen LogP contribution is 2.30. The molecule has 2 aromatic carbocycles. The van der Waals surface area contributed by atoms with Crippen molar-refractivity contribution < 1.29 is 14.4 Å². The fourth-order valence-electron chi connectivity index (χ4n) is 3.88. The third-order valence-corrected chi connectivity index (χ3v) is 8.66. The highest BCUT2D eigenvalue weighted by molar-refractivity contribution is 9.10. The molecule has 3 amide bonds. The number of carbonyl (C=O) groups excluding carboxylic acids is 3. The molecule has 0 saturated heterocycles. The van der Waals surface area contributed by atoms with Crippen LogP contribution in [0, 0.1) is 18.3 Å². The summed E-state index contributed by atoms with van der Waals surface area (Å²) in [6, 6.07) is 16.7. The Morgan fingerprint density at radius 2 is 1.72 bits per heavy atom. The van der Waals surface area contributed by atoms with Gasteiger partial charge in [0, 0.05) is 24.3 Å². The molecule has 0 aliphatic carbocycles. The number of benzene rings is 2. The first-order valence-corrected chi connectivity index (χ1v) is 15.8. The summed E-state index contributed by atoms with van der Waals surface area (Å²) in [6.45, 7) is 1.75. The maximum Gasteiger partial charge on any atom is 0.274 e. The van der Waals surface area contributed by atoms with E-state index in [0.717, 1.165) is 11.5 Å². The van der Waals surface area contributed by atoms with Gasteiger partial charge in [-0.1, -0.05) is 58.5 Å². The van der Waals surface area contributed by atoms with Gasteiger partial charge < -0.3 is 16.0 Å². The summed E-state index contributed by atoms with van der Waals surface area (Å²) in [7, 11) is 1.50. The van der Waals surface area contributed by atoms with Crippen molar-refractivity contribution in [2.75, 3.05) is 17.7 Å². The van der Waals surface area contributed by atoms with E-state index in [2.05, 4.69) is 46.3 Å². The van der Waals surface area contributed by atoms with Crippen LogP contribution < -0.4 is 16.0 Å². The quantitative estimate of drug-likeness (QED) is 0.159. The van der Waals surface area contributed by atoms with Gasteiger partial charge >= 0.3 is 0 Å². The Morgan fingerprint density at radius 3 is 2.37 bits per heavy atom. The van der Waals surface area contributed by atoms with Crippen LogP contribution in [0.5, 0.6) is 0 Å². The Balaban J connectivity index is 0.000000230. The van der Waals surface area contributed by atoms with Crippen LogP contribution in [0.1, 0.15) is 41.6 Å². The summed E-state index contributed by atoms with van der Waals surface area (Å²) in [6.07, 6.45) is 1.55. The monoisotopic (exact) mass is 778 g/mol. The number of hydrogen-bond acceptors (Lipinski definition) is 8. The number of amides is 3. The van der Waals surface area contributed by atoms with Gasteiger partial charge in [-0.25, -0.2) is 9.67 Å². The van der Waals surface area contributed by atoms with E-state index in [1.165, 1.54) is 23.9 Å². The Kier molecular flexibility index (Phi) is 11.7. The van der Waals surface area contributed by atoms with Gasteiger partial charge in [-0.2, -0.15) is 14.7 Å². The van der Waals surface area contributed by atoms with Crippen molar-refractivity contribution in [1.29, 1.82) is 5.26 Å². The molecule has 234 valence electrons. The molecule has 0 spiro atoms. The van der Waals surface area contributed by atoms with E-state index in [4.69, 9.17) is 51.7 Å². The fourth-order valence-corrected chi connectivity index (χ4v) is 5.84. The first-order valence-electron chi connectivity index (χ1n) is 12.8. The fraction of sp³-hybridized carbons (Fsp3) is 0.0690. The van der Waals surface area contributed by atoms with Crippen molar-refractivity contribution in [3.63, 3.8) is 0 Å². The first kappa shape index (κ1) is 34.8. The number of carbonyl (C=O) groups is 3. The second-order valence-corrected chi connectivity index (χ2v) is 12.1. The largest absolute Gasteiger partial charge is 0.355 e. The Labute approximate surface area is 294 Å². The molecule has 46 heavy (non-hydrogen) atoms. The molecule has 0 bridgehead atoms. The van der Waals surface area contributed by atoms with Crippen LogP contribution in [0.2, 0.25) is 20.2 Å². The van der Waals surface area contributed by atoms with E-state index in [0.29, 0.717) is 43.0 Å². The maximum absolute atomic E-state index is 13.0. The number of aryl methyl sites for hydroxylation is 1. The number of rotatable bonds is 6. The van der Waals surface area contributed by atoms with Gasteiger partial charge in [0.2, 0.25) is 0 Å². The van der Waals surface area contributed by atoms with Crippen molar-refractivity contribution in [3.8, 4) is 11.9 Å². The maximum atomic E-state index is 13.0. The highest BCUT2D eigenvalue weighted by atomic mass is 79.9. The number of pyridine rings is 1. The van der Waals surface area contributed by atoms with Gasteiger partial charge in [0.1, 0.15) is 26.3 Å². The van der Waals surface area contributed by atoms with Crippen LogP contribution in [-0.2, 0) is 0 Å². The van der Waals surface area contributed by atoms with Crippen molar-refractivity contribution in [3.05, 3.63) is 113 Å². The molecule has 3 aromatic heterocycles. The normalized spacial score (nSPS) is 10.3. The van der Waals surface area contributed by atoms with Gasteiger partial charge in [0.25, 0.3) is 17.7 Å². The van der Waals surface area contributed by atoms with Crippen LogP contribution in [0.15, 0.2) is 65.4 Å². The highest BCUT2D eigenvalue weighted by Gasteiger charge is 2.22. The lowest BCUT2D eigenvalue weighted by molar-refractivity contribution is 0.0963. The number of nitrogens with zero attached hydrogens (tertiary/aromatic N) is 5. The summed E-state index contributed by atoms with van der Waals surface area (Å²) in [5.41, 5.74) is 2.22. The molecule has 0 atom stereocenters. The van der Waals surface area contributed by atoms with E-state index in [-0.39, 0.29) is 32.2 Å². The van der Waals surface area contributed by atoms with Gasteiger partial charge in [-0.15, -0.1) is 0 Å². The number of anilines is 2. The third kappa shape index (κ3) is 8.03. The van der Waals surface area contributed by atoms with Crippen molar-refractivity contribution in [2.45, 2.75) is 6.92 Å². The lowest BCUT2D eigenvalue weighted by Gasteiger charge is -2.14. The summed E-state index contributed by atoms with van der Waals surface area (Å²) >= 11 is 27.9. The first-order chi connectivity index (χ1) is 21.9. The lowest BCUT2D eigenvalue weighted by Crippen LogP contribution is -2.23. The van der Waals surface area contributed by atoms with E-state index in [1.807, 2.05) is 6.07 Å². The van der Waals surface area contributed by atoms with Crippen LogP contribution in [0.3, 0.4) is 0 Å². The molecule has 0 saturated carbocycles. The zero-order valence-electron chi connectivity index (χ0n) is 23.5. The Morgan fingerprint density at radius 1 is 0.978 bits per heavy atom. The van der Waals surface area contributed by atoms with Crippen LogP contribution >= 0.6 is 73.9 Å². The van der Waals surface area contributed by atoms with E-state index in [1.54, 1.807) is 55.6 Å². The van der Waals surface area contributed by atoms with Crippen LogP contribution in [0.25, 0.3) is 5.82 Å². The molecule has 0 radical (unpaired) electrons. The molecule has 17 heteroatoms. The van der Waals surface area contributed by atoms with Crippen molar-refractivity contribution in [1.82, 2.24) is 24.5 Å². The molecule has 0 aliphatic rings. The van der Waals surface area contributed by atoms with Gasteiger partial charge in [0.15, 0.2) is 11.0 Å². The summed E-state index contributed by atoms with van der Waals surface area (Å²) in [4.78, 5) is 41.6. The minimum Gasteiger partial charge on any atom is -0.355 e. The smallest absolute Gasteiger partial charge is 0.274 e. The van der Waals surface area contributed by atoms with Gasteiger partial charge in [-0.3, -0.25) is 14.4 Å². The van der Waals surface area contributed by atoms with E-state index < -0.39 is 11.8 Å². The number of nitriles is 1. The number of aromatic nitrogens is 4. The van der Waals surface area contributed by atoms with Crippen molar-refractivity contribution >= 4 is 103 Å². The van der Waals surface area contributed by atoms with Gasteiger partial charge in [0.05, 0.1) is 27.5 Å². The standard InChI is InChI=1S/C18H14BrCl2N5O2.C11H5Cl2N3OS/c1-9-6-10(20)7-11(17(27)22-2)15(9)24-18(28)13-8-14(19)25-26(13)16-12(21)4-3-5-23-16;12-8-9(18-16-10(8)13)11(17)15-7-4-2-1-3-6(7)5-14/h3-8H,1-2H3,(H,22,27)(H,24,28);1-4H,(H,15,17). The molecular formula is C29H19BrCl4N8O3S. The number of hydrogen-bond donors (Lipinski definition) is 3. The molecule has 3 N–H and O–H groups in total. The molecule has 0 unspecified atom stereocenters. The summed E-state index contributed by atoms with van der Waals surface area (Å²) in [5.74, 6) is -0.995. The number of nitrogens with one attached hydrogen (secondary N) is 3. The SMILES string of the molecule is CNC(=O)c1cc(Cl)cc(C)c1NC(=O)c1cc(Br)nn1-c1ncccc1Cl.N#Cc1ccccc1NC(=O)c1snc(Cl)c1Cl. The lowest BCUT2D eigenvalue weighted by atomic mass is 10.1. The molecule has 0 aliphatic heterocycles. The summed E-state index contributed by atoms with van der Waals surface area (Å²) < 4.78 is 5.53. The summed E-state index contributed by atoms with van der Waals surface area (Å²) in [5, 5.41) is 22.0. The predicted molar refractivity (Wildman–Crippen MR) is 183 cm³/mol. The van der Waals surface area contributed by atoms with Crippen LogP contribution in [-0.4, -0.2) is 43.9 Å². The molecule has 5 aromatic rings. The number of para-hydroxylation sites is 1. The second kappa shape index (κ2) is 15.5. The molecule has 5 rings (SSSR count). The predicted octanol–water partition coefficient (Wildman–Crippen LogP) is 7.83. The third-order valence-electron chi connectivity index (χ3n) is 5.96. The number of halogens is 5. The molecular weight excluding hydrogens is 762 g/mol. The van der Waals surface area contributed by atoms with Crippen LogP contribution in [0.4, 0.5) is 11.4 Å². The average Bonchev–Trinajstić information content (AvgIpc) is 3.59. The van der Waals surface area contributed by atoms with Gasteiger partial charge in [-0.05, 0) is 76.3 Å². The minimum absolute atomic E-state index is 0.0976. The Hall–Kier alpha value is -4.03. The topological polar surface area (TPSA) is 155 Å². The zero-order chi connectivity index (χ0) is 33.5. The molecule has 11 nitrogen and oxygen atoms in total.